The summed E-state index contributed by atoms with van der Waals surface area (Å²) in [6.45, 7) is 0.182. The smallest absolute Gasteiger partial charge is 0.316 e. The summed E-state index contributed by atoms with van der Waals surface area (Å²) < 4.78 is 22.1. The van der Waals surface area contributed by atoms with E-state index >= 15 is 0 Å². The third-order valence-electron chi connectivity index (χ3n) is 2.85. The maximum atomic E-state index is 11.8. The molecule has 0 saturated heterocycles. The number of hydrogen-bond acceptors (Lipinski definition) is 6. The second-order valence-electron chi connectivity index (χ2n) is 4.50. The molecule has 0 bridgehead atoms. The number of aromatic nitrogens is 3. The van der Waals surface area contributed by atoms with Crippen LogP contribution in [-0.2, 0) is 4.74 Å². The normalized spacial score (nSPS) is 10.9. The molecule has 23 heavy (non-hydrogen) atoms. The fourth-order valence-electron chi connectivity index (χ4n) is 1.67. The lowest BCUT2D eigenvalue weighted by molar-refractivity contribution is 0.0868. The van der Waals surface area contributed by atoms with Crippen molar-refractivity contribution >= 4 is 17.8 Å². The summed E-state index contributed by atoms with van der Waals surface area (Å²) in [5.41, 5.74) is 2.64. The standard InChI is InChI=1S/C16H19FN4O2/c1-18-15-5-4-14(19-12-15)3-2-13-10-20-16(21-11-13)23-9-8-22-7-6-17/h2-5,10-12,18H,6-9H2,1H3. The highest BCUT2D eigenvalue weighted by molar-refractivity contribution is 5.67. The summed E-state index contributed by atoms with van der Waals surface area (Å²) in [5, 5.41) is 3.01. The van der Waals surface area contributed by atoms with E-state index in [0.29, 0.717) is 6.61 Å². The molecule has 0 spiro atoms. The molecule has 122 valence electrons. The first-order chi connectivity index (χ1) is 11.3. The van der Waals surface area contributed by atoms with E-state index in [0.717, 1.165) is 16.9 Å². The number of pyridine rings is 1. The number of rotatable bonds is 9. The lowest BCUT2D eigenvalue weighted by Gasteiger charge is -2.04. The van der Waals surface area contributed by atoms with Crippen LogP contribution in [0.1, 0.15) is 11.3 Å². The molecule has 0 aliphatic rings. The largest absolute Gasteiger partial charge is 0.461 e. The van der Waals surface area contributed by atoms with Crippen molar-refractivity contribution in [3.63, 3.8) is 0 Å². The summed E-state index contributed by atoms with van der Waals surface area (Å²) in [6.07, 6.45) is 8.82. The SMILES string of the molecule is CNc1ccc(C=Cc2cnc(OCCOCCF)nc2)nc1. The van der Waals surface area contributed by atoms with Crippen LogP contribution in [0, 0.1) is 0 Å². The minimum absolute atomic E-state index is 0.0806. The molecule has 0 radical (unpaired) electrons. The maximum absolute atomic E-state index is 11.8. The van der Waals surface area contributed by atoms with Crippen LogP contribution in [0.15, 0.2) is 30.7 Å². The van der Waals surface area contributed by atoms with E-state index in [9.17, 15) is 4.39 Å². The molecule has 2 aromatic heterocycles. The first-order valence-corrected chi connectivity index (χ1v) is 7.22. The molecule has 0 amide bonds. The number of alkyl halides is 1. The Labute approximate surface area is 134 Å². The summed E-state index contributed by atoms with van der Waals surface area (Å²) >= 11 is 0. The van der Waals surface area contributed by atoms with Crippen LogP contribution in [0.4, 0.5) is 10.1 Å². The van der Waals surface area contributed by atoms with Crippen molar-refractivity contribution in [2.24, 2.45) is 0 Å². The topological polar surface area (TPSA) is 69.2 Å². The molecule has 2 heterocycles. The monoisotopic (exact) mass is 318 g/mol. The number of hydrogen-bond donors (Lipinski definition) is 1. The van der Waals surface area contributed by atoms with Gasteiger partial charge in [0, 0.05) is 25.0 Å². The molecule has 0 aromatic carbocycles. The van der Waals surface area contributed by atoms with Gasteiger partial charge in [-0.3, -0.25) is 4.98 Å². The minimum atomic E-state index is -0.496. The van der Waals surface area contributed by atoms with Gasteiger partial charge in [0.25, 0.3) is 0 Å². The van der Waals surface area contributed by atoms with E-state index in [1.54, 1.807) is 18.6 Å². The number of nitrogens with one attached hydrogen (secondary N) is 1. The predicted octanol–water partition coefficient (Wildman–Crippen LogP) is 2.45. The van der Waals surface area contributed by atoms with Crippen LogP contribution < -0.4 is 10.1 Å². The highest BCUT2D eigenvalue weighted by Gasteiger charge is 1.98. The average Bonchev–Trinajstić information content (AvgIpc) is 2.61. The highest BCUT2D eigenvalue weighted by atomic mass is 19.1. The molecular formula is C16H19FN4O2. The van der Waals surface area contributed by atoms with Gasteiger partial charge in [0.1, 0.15) is 13.3 Å². The van der Waals surface area contributed by atoms with E-state index in [2.05, 4.69) is 20.3 Å². The summed E-state index contributed by atoms with van der Waals surface area (Å²) in [7, 11) is 1.85. The lowest BCUT2D eigenvalue weighted by atomic mass is 10.2. The Morgan fingerprint density at radius 1 is 1.04 bits per heavy atom. The van der Waals surface area contributed by atoms with Gasteiger partial charge in [0.05, 0.1) is 30.8 Å². The van der Waals surface area contributed by atoms with Gasteiger partial charge < -0.3 is 14.8 Å². The van der Waals surface area contributed by atoms with E-state index in [4.69, 9.17) is 9.47 Å². The van der Waals surface area contributed by atoms with Crippen LogP contribution in [0.25, 0.3) is 12.2 Å². The second kappa shape index (κ2) is 9.47. The molecule has 2 rings (SSSR count). The van der Waals surface area contributed by atoms with E-state index in [-0.39, 0.29) is 19.2 Å². The van der Waals surface area contributed by atoms with Gasteiger partial charge in [-0.1, -0.05) is 0 Å². The Bertz CT molecular complexity index is 602. The zero-order chi connectivity index (χ0) is 16.3. The first kappa shape index (κ1) is 16.8. The lowest BCUT2D eigenvalue weighted by Crippen LogP contribution is -2.09. The van der Waals surface area contributed by atoms with Gasteiger partial charge in [0.15, 0.2) is 0 Å². The summed E-state index contributed by atoms with van der Waals surface area (Å²) in [4.78, 5) is 12.5. The number of nitrogens with zero attached hydrogens (tertiary/aromatic N) is 3. The number of ether oxygens (including phenoxy) is 2. The van der Waals surface area contributed by atoms with Crippen LogP contribution in [-0.4, -0.2) is 48.5 Å². The fourth-order valence-corrected chi connectivity index (χ4v) is 1.67. The van der Waals surface area contributed by atoms with Crippen LogP contribution in [0.3, 0.4) is 0 Å². The third kappa shape index (κ3) is 5.99. The zero-order valence-electron chi connectivity index (χ0n) is 12.9. The Balaban J connectivity index is 1.82. The average molecular weight is 318 g/mol. The molecule has 0 fully saturated rings. The summed E-state index contributed by atoms with van der Waals surface area (Å²) in [5.74, 6) is 0. The summed E-state index contributed by atoms with van der Waals surface area (Å²) in [6, 6.07) is 4.13. The van der Waals surface area contributed by atoms with Crippen molar-refractivity contribution in [1.29, 1.82) is 0 Å². The maximum Gasteiger partial charge on any atom is 0.316 e. The molecule has 0 atom stereocenters. The van der Waals surface area contributed by atoms with Gasteiger partial charge in [-0.2, -0.15) is 0 Å². The van der Waals surface area contributed by atoms with Gasteiger partial charge in [-0.05, 0) is 24.3 Å². The molecule has 1 N–H and O–H groups in total. The number of anilines is 1. The second-order valence-corrected chi connectivity index (χ2v) is 4.50. The fraction of sp³-hybridized carbons (Fsp3) is 0.312. The van der Waals surface area contributed by atoms with Crippen LogP contribution in [0.5, 0.6) is 6.01 Å². The van der Waals surface area contributed by atoms with Gasteiger partial charge in [0.2, 0.25) is 0 Å². The molecular weight excluding hydrogens is 299 g/mol. The quantitative estimate of drug-likeness (QED) is 0.716. The Hall–Kier alpha value is -2.54. The Morgan fingerprint density at radius 2 is 1.87 bits per heavy atom. The van der Waals surface area contributed by atoms with Crippen molar-refractivity contribution in [2.75, 3.05) is 38.9 Å². The first-order valence-electron chi connectivity index (χ1n) is 7.22. The number of halogens is 1. The molecule has 0 unspecified atom stereocenters. The molecule has 0 aliphatic heterocycles. The van der Waals surface area contributed by atoms with Crippen molar-refractivity contribution in [3.8, 4) is 6.01 Å². The van der Waals surface area contributed by atoms with Crippen molar-refractivity contribution in [1.82, 2.24) is 15.0 Å². The Morgan fingerprint density at radius 3 is 2.52 bits per heavy atom. The van der Waals surface area contributed by atoms with Crippen molar-refractivity contribution < 1.29 is 13.9 Å². The van der Waals surface area contributed by atoms with Crippen LogP contribution >= 0.6 is 0 Å². The predicted molar refractivity (Wildman–Crippen MR) is 87.0 cm³/mol. The van der Waals surface area contributed by atoms with Crippen molar-refractivity contribution in [2.45, 2.75) is 0 Å². The third-order valence-corrected chi connectivity index (χ3v) is 2.85. The zero-order valence-corrected chi connectivity index (χ0v) is 12.9. The molecule has 6 nitrogen and oxygen atoms in total. The molecule has 2 aromatic rings. The molecule has 0 aliphatic carbocycles. The minimum Gasteiger partial charge on any atom is -0.461 e. The van der Waals surface area contributed by atoms with Gasteiger partial charge >= 0.3 is 6.01 Å². The van der Waals surface area contributed by atoms with Crippen LogP contribution in [0.2, 0.25) is 0 Å². The van der Waals surface area contributed by atoms with Gasteiger partial charge in [-0.25, -0.2) is 14.4 Å². The van der Waals surface area contributed by atoms with Gasteiger partial charge in [-0.15, -0.1) is 0 Å². The Kier molecular flexibility index (Phi) is 6.93. The molecule has 7 heteroatoms. The van der Waals surface area contributed by atoms with E-state index in [1.807, 2.05) is 31.3 Å². The molecule has 0 saturated carbocycles. The van der Waals surface area contributed by atoms with Crippen molar-refractivity contribution in [3.05, 3.63) is 42.0 Å². The van der Waals surface area contributed by atoms with E-state index in [1.165, 1.54) is 0 Å². The van der Waals surface area contributed by atoms with E-state index < -0.39 is 6.67 Å². The highest BCUT2D eigenvalue weighted by Crippen LogP contribution is 2.09.